The molecule has 2 bridgehead atoms. The van der Waals surface area contributed by atoms with E-state index in [0.717, 1.165) is 42.7 Å². The van der Waals surface area contributed by atoms with Crippen LogP contribution in [-0.2, 0) is 13.5 Å². The van der Waals surface area contributed by atoms with E-state index in [0.29, 0.717) is 23.2 Å². The number of hydrogen-bond acceptors (Lipinski definition) is 4. The Morgan fingerprint density at radius 1 is 1.12 bits per heavy atom. The molecule has 7 nitrogen and oxygen atoms in total. The third kappa shape index (κ3) is 2.89. The Morgan fingerprint density at radius 2 is 1.91 bits per heavy atom. The normalized spacial score (nSPS) is 19.7. The fourth-order valence-electron chi connectivity index (χ4n) is 5.34. The fourth-order valence-corrected chi connectivity index (χ4v) is 5.34. The van der Waals surface area contributed by atoms with Crippen LogP contribution < -0.4 is 0 Å². The molecular weight excluding hydrogens is 433 g/mol. The van der Waals surface area contributed by atoms with Crippen LogP contribution in [-0.4, -0.2) is 41.5 Å². The largest absolute Gasteiger partial charge is 0.327 e. The topological polar surface area (TPSA) is 68.3 Å². The van der Waals surface area contributed by atoms with Crippen molar-refractivity contribution in [2.45, 2.75) is 37.8 Å². The summed E-state index contributed by atoms with van der Waals surface area (Å²) in [5, 5.41) is 13.0. The number of benzene rings is 1. The van der Waals surface area contributed by atoms with E-state index in [9.17, 15) is 18.0 Å². The van der Waals surface area contributed by atoms with Crippen molar-refractivity contribution < 1.29 is 18.0 Å². The van der Waals surface area contributed by atoms with E-state index in [1.807, 2.05) is 4.90 Å². The molecule has 33 heavy (non-hydrogen) atoms. The fraction of sp³-hybridized carbons (Fsp3) is 0.304. The number of carbonyl (C=O) groups is 1. The van der Waals surface area contributed by atoms with Gasteiger partial charge in [-0.25, -0.2) is 13.2 Å². The molecule has 0 aliphatic carbocycles. The van der Waals surface area contributed by atoms with Gasteiger partial charge in [0.15, 0.2) is 17.5 Å². The number of piperidine rings is 1. The van der Waals surface area contributed by atoms with Crippen LogP contribution in [0.5, 0.6) is 0 Å². The van der Waals surface area contributed by atoms with Gasteiger partial charge in [-0.3, -0.25) is 9.48 Å². The highest BCUT2D eigenvalue weighted by Gasteiger charge is 2.44. The molecule has 2 aliphatic heterocycles. The lowest BCUT2D eigenvalue weighted by molar-refractivity contribution is 0.0394. The van der Waals surface area contributed by atoms with Gasteiger partial charge < -0.3 is 4.90 Å². The SMILES string of the molecule is Cn1nc2c(c1-c1cc(F)c(F)c(F)c1)CC1CCCC2N1C(=O)c1cnn2ncccc12. The van der Waals surface area contributed by atoms with Gasteiger partial charge in [-0.2, -0.15) is 19.9 Å². The summed E-state index contributed by atoms with van der Waals surface area (Å²) in [5.74, 6) is -4.11. The number of rotatable bonds is 2. The molecule has 1 saturated heterocycles. The number of aromatic nitrogens is 5. The summed E-state index contributed by atoms with van der Waals surface area (Å²) < 4.78 is 44.5. The first-order chi connectivity index (χ1) is 15.9. The summed E-state index contributed by atoms with van der Waals surface area (Å²) in [4.78, 5) is 15.5. The second-order valence-corrected chi connectivity index (χ2v) is 8.56. The molecule has 2 unspecified atom stereocenters. The van der Waals surface area contributed by atoms with E-state index in [4.69, 9.17) is 0 Å². The van der Waals surface area contributed by atoms with Crippen molar-refractivity contribution in [3.63, 3.8) is 0 Å². The van der Waals surface area contributed by atoms with Crippen LogP contribution in [0.3, 0.4) is 0 Å². The van der Waals surface area contributed by atoms with Gasteiger partial charge in [0.2, 0.25) is 0 Å². The summed E-state index contributed by atoms with van der Waals surface area (Å²) in [5.41, 5.74) is 3.45. The zero-order chi connectivity index (χ0) is 22.9. The Hall–Kier alpha value is -3.69. The molecule has 6 rings (SSSR count). The quantitative estimate of drug-likeness (QED) is 0.434. The Kier molecular flexibility index (Phi) is 4.33. The maximum absolute atomic E-state index is 14.0. The van der Waals surface area contributed by atoms with Crippen LogP contribution in [0.15, 0.2) is 36.7 Å². The highest BCUT2D eigenvalue weighted by atomic mass is 19.2. The van der Waals surface area contributed by atoms with Crippen LogP contribution in [0.4, 0.5) is 13.2 Å². The zero-order valence-electron chi connectivity index (χ0n) is 17.7. The average Bonchev–Trinajstić information content (AvgIpc) is 3.37. The molecule has 0 saturated carbocycles. The van der Waals surface area contributed by atoms with Gasteiger partial charge in [0.05, 0.1) is 29.2 Å². The van der Waals surface area contributed by atoms with E-state index in [-0.39, 0.29) is 23.6 Å². The molecule has 1 fully saturated rings. The summed E-state index contributed by atoms with van der Waals surface area (Å²) >= 11 is 0. The Morgan fingerprint density at radius 3 is 2.70 bits per heavy atom. The van der Waals surface area contributed by atoms with Crippen molar-refractivity contribution in [3.05, 3.63) is 70.9 Å². The van der Waals surface area contributed by atoms with Crippen LogP contribution in [0.25, 0.3) is 16.8 Å². The van der Waals surface area contributed by atoms with Gasteiger partial charge in [0.25, 0.3) is 5.91 Å². The summed E-state index contributed by atoms with van der Waals surface area (Å²) in [6.45, 7) is 0. The molecular formula is C23H19F3N6O. The van der Waals surface area contributed by atoms with Crippen molar-refractivity contribution in [1.29, 1.82) is 0 Å². The number of amides is 1. The number of hydrogen-bond donors (Lipinski definition) is 0. The van der Waals surface area contributed by atoms with Gasteiger partial charge in [-0.15, -0.1) is 0 Å². The lowest BCUT2D eigenvalue weighted by atomic mass is 9.81. The lowest BCUT2D eigenvalue weighted by Crippen LogP contribution is -2.49. The Balaban J connectivity index is 1.45. The standard InChI is InChI=1S/C23H19F3N6O/c1-30-22(12-8-16(24)20(26)17(25)9-12)14-10-13-4-2-5-19(21(14)29-30)31(13)23(33)15-11-28-32-18(15)6-3-7-27-32/h3,6-9,11,13,19H,2,4-5,10H2,1H3. The van der Waals surface area contributed by atoms with E-state index < -0.39 is 17.5 Å². The smallest absolute Gasteiger partial charge is 0.258 e. The van der Waals surface area contributed by atoms with Crippen LogP contribution in [0, 0.1) is 17.5 Å². The second-order valence-electron chi connectivity index (χ2n) is 8.56. The molecule has 1 aromatic carbocycles. The Bertz CT molecular complexity index is 1400. The van der Waals surface area contributed by atoms with E-state index in [2.05, 4.69) is 15.3 Å². The number of nitrogens with zero attached hydrogens (tertiary/aromatic N) is 6. The summed E-state index contributed by atoms with van der Waals surface area (Å²) in [7, 11) is 1.69. The zero-order valence-corrected chi connectivity index (χ0v) is 17.7. The van der Waals surface area contributed by atoms with E-state index in [1.54, 1.807) is 30.1 Å². The number of fused-ring (bicyclic) bond motifs is 5. The molecule has 0 spiro atoms. The molecule has 5 heterocycles. The van der Waals surface area contributed by atoms with Gasteiger partial charge in [0.1, 0.15) is 5.52 Å². The predicted molar refractivity (Wildman–Crippen MR) is 112 cm³/mol. The third-order valence-electron chi connectivity index (χ3n) is 6.70. The van der Waals surface area contributed by atoms with Crippen molar-refractivity contribution in [2.75, 3.05) is 0 Å². The Labute approximate surface area is 186 Å². The van der Waals surface area contributed by atoms with Gasteiger partial charge in [-0.1, -0.05) is 0 Å². The number of aryl methyl sites for hydroxylation is 1. The maximum atomic E-state index is 14.0. The summed E-state index contributed by atoms with van der Waals surface area (Å²) in [6.07, 6.45) is 6.12. The third-order valence-corrected chi connectivity index (χ3v) is 6.70. The van der Waals surface area contributed by atoms with Gasteiger partial charge in [-0.05, 0) is 49.9 Å². The predicted octanol–water partition coefficient (Wildman–Crippen LogP) is 3.84. The molecule has 2 aliphatic rings. The van der Waals surface area contributed by atoms with Crippen molar-refractivity contribution in [2.24, 2.45) is 7.05 Å². The molecule has 1 amide bonds. The summed E-state index contributed by atoms with van der Waals surface area (Å²) in [6, 6.07) is 5.20. The highest BCUT2D eigenvalue weighted by Crippen LogP contribution is 2.45. The molecule has 10 heteroatoms. The first-order valence-electron chi connectivity index (χ1n) is 10.8. The van der Waals surface area contributed by atoms with Crippen molar-refractivity contribution in [1.82, 2.24) is 29.5 Å². The molecule has 3 aromatic heterocycles. The average molecular weight is 452 g/mol. The van der Waals surface area contributed by atoms with Crippen molar-refractivity contribution in [3.8, 4) is 11.3 Å². The lowest BCUT2D eigenvalue weighted by Gasteiger charge is -2.45. The minimum absolute atomic E-state index is 0.0894. The second kappa shape index (κ2) is 7.16. The molecule has 4 aromatic rings. The highest BCUT2D eigenvalue weighted by molar-refractivity contribution is 6.01. The molecule has 2 atom stereocenters. The first-order valence-corrected chi connectivity index (χ1v) is 10.8. The molecule has 0 radical (unpaired) electrons. The maximum Gasteiger partial charge on any atom is 0.258 e. The molecule has 168 valence electrons. The van der Waals surface area contributed by atoms with Crippen molar-refractivity contribution >= 4 is 11.4 Å². The minimum atomic E-state index is -1.49. The van der Waals surface area contributed by atoms with Gasteiger partial charge in [0, 0.05) is 30.4 Å². The van der Waals surface area contributed by atoms with E-state index >= 15 is 0 Å². The van der Waals surface area contributed by atoms with Crippen LogP contribution >= 0.6 is 0 Å². The van der Waals surface area contributed by atoms with Crippen LogP contribution in [0.2, 0.25) is 0 Å². The minimum Gasteiger partial charge on any atom is -0.327 e. The van der Waals surface area contributed by atoms with Gasteiger partial charge >= 0.3 is 0 Å². The first kappa shape index (κ1) is 20.0. The van der Waals surface area contributed by atoms with Crippen LogP contribution in [0.1, 0.15) is 46.9 Å². The molecule has 0 N–H and O–H groups in total. The van der Waals surface area contributed by atoms with E-state index in [1.165, 1.54) is 10.8 Å². The number of carbonyl (C=O) groups excluding carboxylic acids is 1. The monoisotopic (exact) mass is 452 g/mol. The number of halogens is 3.